The molecule has 3 rings (SSSR count). The molecule has 1 unspecified atom stereocenters. The number of benzene rings is 2. The highest BCUT2D eigenvalue weighted by molar-refractivity contribution is 6.36. The van der Waals surface area contributed by atoms with Crippen LogP contribution in [-0.2, 0) is 6.54 Å². The van der Waals surface area contributed by atoms with Crippen molar-refractivity contribution in [1.82, 2.24) is 14.9 Å². The van der Waals surface area contributed by atoms with Crippen LogP contribution in [0.4, 0.5) is 5.69 Å². The molecule has 0 aliphatic carbocycles. The molecule has 0 spiro atoms. The number of anilines is 1. The summed E-state index contributed by atoms with van der Waals surface area (Å²) in [7, 11) is 0. The topological polar surface area (TPSA) is 78.0 Å². The van der Waals surface area contributed by atoms with E-state index in [1.54, 1.807) is 48.9 Å². The van der Waals surface area contributed by atoms with Gasteiger partial charge < -0.3 is 9.88 Å². The van der Waals surface area contributed by atoms with Crippen LogP contribution in [0.5, 0.6) is 0 Å². The molecule has 2 aromatic carbocycles. The number of nitrogens with zero attached hydrogens (tertiary/aromatic N) is 4. The molecule has 0 aliphatic heterocycles. The first-order valence-corrected chi connectivity index (χ1v) is 9.83. The van der Waals surface area contributed by atoms with Crippen LogP contribution in [0.2, 0.25) is 20.1 Å². The van der Waals surface area contributed by atoms with Gasteiger partial charge in [0.1, 0.15) is 0 Å². The maximum absolute atomic E-state index is 9.17. The maximum Gasteiger partial charge on any atom is 0.209 e. The Bertz CT molecular complexity index is 1060. The Balaban J connectivity index is 2.00. The highest BCUT2D eigenvalue weighted by atomic mass is 35.5. The van der Waals surface area contributed by atoms with Crippen LogP contribution in [0.3, 0.4) is 0 Å². The Morgan fingerprint density at radius 2 is 1.86 bits per heavy atom. The van der Waals surface area contributed by atoms with Crippen LogP contribution in [0.25, 0.3) is 0 Å². The molecule has 0 radical (unpaired) electrons. The molecule has 148 valence electrons. The van der Waals surface area contributed by atoms with Gasteiger partial charge in [0.05, 0.1) is 29.6 Å². The van der Waals surface area contributed by atoms with Crippen LogP contribution in [0.1, 0.15) is 11.6 Å². The number of aromatic nitrogens is 2. The number of nitrogens with one attached hydrogen (secondary N) is 2. The molecule has 0 aliphatic rings. The standard InChI is InChI=1S/C19H14Cl4N6/c20-12-1-3-15(22)14(7-12)18(9-29-6-5-25-11-29)28-19(26-10-24)27-17-4-2-13(21)8-16(17)23/h1-8,11,18H,9H2,(H2,26,27,28). The van der Waals surface area contributed by atoms with Crippen molar-refractivity contribution in [3.63, 3.8) is 0 Å². The van der Waals surface area contributed by atoms with E-state index in [9.17, 15) is 0 Å². The first kappa shape index (κ1) is 21.3. The number of rotatable bonds is 5. The number of hydrogen-bond acceptors (Lipinski definition) is 3. The number of halogens is 4. The summed E-state index contributed by atoms with van der Waals surface area (Å²) in [6, 6.07) is 9.64. The maximum atomic E-state index is 9.17. The average molecular weight is 468 g/mol. The Labute approximate surface area is 187 Å². The predicted molar refractivity (Wildman–Crippen MR) is 118 cm³/mol. The van der Waals surface area contributed by atoms with Crippen molar-refractivity contribution in [1.29, 1.82) is 5.26 Å². The fourth-order valence-electron chi connectivity index (χ4n) is 2.60. The van der Waals surface area contributed by atoms with Crippen LogP contribution < -0.4 is 10.6 Å². The van der Waals surface area contributed by atoms with E-state index in [1.807, 2.05) is 17.0 Å². The summed E-state index contributed by atoms with van der Waals surface area (Å²) >= 11 is 24.7. The minimum absolute atomic E-state index is 0.192. The second kappa shape index (κ2) is 9.86. The second-order valence-corrected chi connectivity index (χ2v) is 7.59. The zero-order valence-electron chi connectivity index (χ0n) is 14.8. The van der Waals surface area contributed by atoms with Gasteiger partial charge in [-0.1, -0.05) is 46.4 Å². The first-order chi connectivity index (χ1) is 14.0. The third-order valence-corrected chi connectivity index (χ3v) is 5.03. The van der Waals surface area contributed by atoms with E-state index >= 15 is 0 Å². The lowest BCUT2D eigenvalue weighted by Gasteiger charge is -2.18. The van der Waals surface area contributed by atoms with Crippen LogP contribution in [0.15, 0.2) is 60.1 Å². The van der Waals surface area contributed by atoms with E-state index in [2.05, 4.69) is 20.6 Å². The lowest BCUT2D eigenvalue weighted by Crippen LogP contribution is -2.28. The Kier molecular flexibility index (Phi) is 7.24. The Morgan fingerprint density at radius 3 is 2.55 bits per heavy atom. The van der Waals surface area contributed by atoms with Crippen LogP contribution in [-0.4, -0.2) is 15.5 Å². The smallest absolute Gasteiger partial charge is 0.209 e. The average Bonchev–Trinajstić information content (AvgIpc) is 3.18. The van der Waals surface area contributed by atoms with Crippen LogP contribution >= 0.6 is 46.4 Å². The molecule has 1 aromatic heterocycles. The molecule has 2 N–H and O–H groups in total. The van der Waals surface area contributed by atoms with Crippen molar-refractivity contribution in [2.45, 2.75) is 12.6 Å². The molecule has 0 fully saturated rings. The number of guanidine groups is 1. The van der Waals surface area contributed by atoms with Gasteiger partial charge in [-0.25, -0.2) is 9.98 Å². The van der Waals surface area contributed by atoms with Gasteiger partial charge in [-0.05, 0) is 42.0 Å². The minimum Gasteiger partial charge on any atom is -0.335 e. The minimum atomic E-state index is -0.468. The zero-order chi connectivity index (χ0) is 20.8. The van der Waals surface area contributed by atoms with Gasteiger partial charge >= 0.3 is 0 Å². The lowest BCUT2D eigenvalue weighted by molar-refractivity contribution is 0.577. The molecule has 0 amide bonds. The first-order valence-electron chi connectivity index (χ1n) is 8.32. The second-order valence-electron chi connectivity index (χ2n) is 5.90. The van der Waals surface area contributed by atoms with Crippen molar-refractivity contribution in [3.8, 4) is 6.19 Å². The van der Waals surface area contributed by atoms with E-state index < -0.39 is 6.04 Å². The molecule has 6 nitrogen and oxygen atoms in total. The third kappa shape index (κ3) is 5.78. The third-order valence-electron chi connectivity index (χ3n) is 3.90. The fourth-order valence-corrected chi connectivity index (χ4v) is 3.48. The highest BCUT2D eigenvalue weighted by Gasteiger charge is 2.17. The van der Waals surface area contributed by atoms with E-state index in [1.165, 1.54) is 0 Å². The summed E-state index contributed by atoms with van der Waals surface area (Å²) in [5.41, 5.74) is 1.24. The van der Waals surface area contributed by atoms with Gasteiger partial charge in [0, 0.05) is 27.5 Å². The van der Waals surface area contributed by atoms with Crippen molar-refractivity contribution in [2.24, 2.45) is 4.99 Å². The summed E-state index contributed by atoms with van der Waals surface area (Å²) in [6.07, 6.45) is 7.01. The molecule has 29 heavy (non-hydrogen) atoms. The highest BCUT2D eigenvalue weighted by Crippen LogP contribution is 2.31. The quantitative estimate of drug-likeness (QED) is 0.216. The number of hydrogen-bond donors (Lipinski definition) is 2. The van der Waals surface area contributed by atoms with Gasteiger partial charge in [-0.15, -0.1) is 0 Å². The van der Waals surface area contributed by atoms with Crippen LogP contribution in [0, 0.1) is 11.5 Å². The van der Waals surface area contributed by atoms with Crippen molar-refractivity contribution < 1.29 is 0 Å². The molecule has 0 bridgehead atoms. The monoisotopic (exact) mass is 466 g/mol. The molecule has 1 heterocycles. The fraction of sp³-hybridized carbons (Fsp3) is 0.105. The normalized spacial score (nSPS) is 12.3. The van der Waals surface area contributed by atoms with E-state index in [-0.39, 0.29) is 5.96 Å². The van der Waals surface area contributed by atoms with Gasteiger partial charge in [0.25, 0.3) is 0 Å². The summed E-state index contributed by atoms with van der Waals surface area (Å²) in [5.74, 6) is 0.192. The summed E-state index contributed by atoms with van der Waals surface area (Å²) in [4.78, 5) is 8.71. The van der Waals surface area contributed by atoms with Gasteiger partial charge in [0.15, 0.2) is 6.19 Å². The molecule has 0 saturated heterocycles. The molecule has 3 aromatic rings. The van der Waals surface area contributed by atoms with Crippen molar-refractivity contribution >= 4 is 58.1 Å². The summed E-state index contributed by atoms with van der Waals surface area (Å²) in [5, 5.41) is 16.6. The van der Waals surface area contributed by atoms with Crippen molar-refractivity contribution in [2.75, 3.05) is 5.32 Å². The number of imidazole rings is 1. The number of nitriles is 1. The van der Waals surface area contributed by atoms with Gasteiger partial charge in [-0.3, -0.25) is 5.32 Å². The van der Waals surface area contributed by atoms with E-state index in [4.69, 9.17) is 51.7 Å². The Morgan fingerprint density at radius 1 is 1.10 bits per heavy atom. The molecule has 1 atom stereocenters. The van der Waals surface area contributed by atoms with Gasteiger partial charge in [-0.2, -0.15) is 5.26 Å². The van der Waals surface area contributed by atoms with E-state index in [0.29, 0.717) is 37.9 Å². The number of aliphatic imine (C=N–C) groups is 1. The molecule has 10 heteroatoms. The van der Waals surface area contributed by atoms with Crippen molar-refractivity contribution in [3.05, 3.63) is 80.8 Å². The summed E-state index contributed by atoms with van der Waals surface area (Å²) in [6.45, 7) is 0.423. The molecule has 0 saturated carbocycles. The van der Waals surface area contributed by atoms with Gasteiger partial charge in [0.2, 0.25) is 5.96 Å². The zero-order valence-corrected chi connectivity index (χ0v) is 17.8. The largest absolute Gasteiger partial charge is 0.335 e. The predicted octanol–water partition coefficient (Wildman–Crippen LogP) is 5.78. The summed E-state index contributed by atoms with van der Waals surface area (Å²) < 4.78 is 1.85. The van der Waals surface area contributed by atoms with E-state index in [0.717, 1.165) is 0 Å². The lowest BCUT2D eigenvalue weighted by atomic mass is 10.1. The molecular weight excluding hydrogens is 454 g/mol. The Hall–Kier alpha value is -2.43. The SMILES string of the molecule is N#CNC(=NC(Cn1ccnc1)c1cc(Cl)ccc1Cl)Nc1ccc(Cl)cc1Cl. The molecular formula is C19H14Cl4N6.